The number of aromatic nitrogens is 1. The summed E-state index contributed by atoms with van der Waals surface area (Å²) in [5, 5.41) is 12.8. The minimum atomic E-state index is 0.642. The van der Waals surface area contributed by atoms with Crippen molar-refractivity contribution < 1.29 is 0 Å². The van der Waals surface area contributed by atoms with E-state index >= 15 is 0 Å². The van der Waals surface area contributed by atoms with Gasteiger partial charge in [0.15, 0.2) is 0 Å². The number of thiazole rings is 1. The lowest BCUT2D eigenvalue weighted by Crippen LogP contribution is -1.98. The molecule has 2 rings (SSSR count). The lowest BCUT2D eigenvalue weighted by molar-refractivity contribution is 1.10. The van der Waals surface area contributed by atoms with Gasteiger partial charge in [-0.25, -0.2) is 4.98 Å². The van der Waals surface area contributed by atoms with Gasteiger partial charge in [-0.1, -0.05) is 11.6 Å². The molecule has 0 spiro atoms. The van der Waals surface area contributed by atoms with Gasteiger partial charge in [-0.3, -0.25) is 0 Å². The van der Waals surface area contributed by atoms with Crippen molar-refractivity contribution in [2.24, 2.45) is 0 Å². The van der Waals surface area contributed by atoms with Crippen molar-refractivity contribution in [1.29, 1.82) is 5.26 Å². The molecule has 5 heteroatoms. The summed E-state index contributed by atoms with van der Waals surface area (Å²) in [5.41, 5.74) is 1.62. The fraction of sp³-hybridized carbons (Fsp3) is 0.0909. The molecule has 2 aromatic rings. The first kappa shape index (κ1) is 10.9. The van der Waals surface area contributed by atoms with E-state index in [0.29, 0.717) is 16.4 Å². The maximum absolute atomic E-state index is 8.65. The van der Waals surface area contributed by atoms with Crippen LogP contribution in [0.4, 0.5) is 5.69 Å². The summed E-state index contributed by atoms with van der Waals surface area (Å²) in [6.45, 7) is 0.642. The van der Waals surface area contributed by atoms with Crippen LogP contribution in [0, 0.1) is 11.3 Å². The molecule has 0 aliphatic rings. The molecule has 0 saturated heterocycles. The topological polar surface area (TPSA) is 48.7 Å². The smallest absolute Gasteiger partial charge is 0.113 e. The molecule has 0 bridgehead atoms. The Morgan fingerprint density at radius 1 is 1.38 bits per heavy atom. The quantitative estimate of drug-likeness (QED) is 0.908. The predicted molar refractivity (Wildman–Crippen MR) is 65.6 cm³/mol. The normalized spacial score (nSPS) is 9.75. The lowest BCUT2D eigenvalue weighted by atomic mass is 10.2. The van der Waals surface area contributed by atoms with Gasteiger partial charge < -0.3 is 5.32 Å². The van der Waals surface area contributed by atoms with E-state index < -0.39 is 0 Å². The average molecular weight is 250 g/mol. The van der Waals surface area contributed by atoms with Gasteiger partial charge in [0.05, 0.1) is 24.4 Å². The third-order valence-corrected chi connectivity index (χ3v) is 3.10. The van der Waals surface area contributed by atoms with Crippen LogP contribution in [-0.4, -0.2) is 4.98 Å². The fourth-order valence-electron chi connectivity index (χ4n) is 1.21. The minimum Gasteiger partial charge on any atom is -0.379 e. The Labute approximate surface area is 102 Å². The molecular formula is C11H8ClN3S. The van der Waals surface area contributed by atoms with E-state index in [1.54, 1.807) is 18.3 Å². The molecule has 16 heavy (non-hydrogen) atoms. The van der Waals surface area contributed by atoms with Crippen LogP contribution in [0.15, 0.2) is 30.5 Å². The van der Waals surface area contributed by atoms with Crippen molar-refractivity contribution in [3.63, 3.8) is 0 Å². The van der Waals surface area contributed by atoms with Crippen LogP contribution >= 0.6 is 22.9 Å². The molecule has 0 aliphatic carbocycles. The number of hydrogen-bond acceptors (Lipinski definition) is 4. The van der Waals surface area contributed by atoms with Gasteiger partial charge in [0.2, 0.25) is 0 Å². The van der Waals surface area contributed by atoms with E-state index in [-0.39, 0.29) is 0 Å². The van der Waals surface area contributed by atoms with E-state index in [9.17, 15) is 0 Å². The fourth-order valence-corrected chi connectivity index (χ4v) is 2.11. The Balaban J connectivity index is 1.97. The van der Waals surface area contributed by atoms with E-state index in [1.807, 2.05) is 12.1 Å². The standard InChI is InChI=1S/C11H8ClN3S/c12-10-6-15-11(16-10)7-14-9-3-1-8(5-13)2-4-9/h1-4,6,14H,7H2. The first-order chi connectivity index (χ1) is 7.78. The summed E-state index contributed by atoms with van der Waals surface area (Å²) < 4.78 is 0.691. The Kier molecular flexibility index (Phi) is 3.40. The van der Waals surface area contributed by atoms with E-state index in [0.717, 1.165) is 10.7 Å². The molecule has 0 atom stereocenters. The third kappa shape index (κ3) is 2.72. The summed E-state index contributed by atoms with van der Waals surface area (Å²) in [4.78, 5) is 4.14. The average Bonchev–Trinajstić information content (AvgIpc) is 2.73. The molecule has 0 fully saturated rings. The van der Waals surface area contributed by atoms with Crippen molar-refractivity contribution in [2.75, 3.05) is 5.32 Å². The molecule has 1 heterocycles. The molecule has 1 aromatic heterocycles. The highest BCUT2D eigenvalue weighted by Crippen LogP contribution is 2.19. The number of benzene rings is 1. The van der Waals surface area contributed by atoms with Gasteiger partial charge >= 0.3 is 0 Å². The monoisotopic (exact) mass is 249 g/mol. The Morgan fingerprint density at radius 3 is 2.69 bits per heavy atom. The lowest BCUT2D eigenvalue weighted by Gasteiger charge is -2.03. The van der Waals surface area contributed by atoms with Gasteiger partial charge in [0.1, 0.15) is 9.34 Å². The van der Waals surface area contributed by atoms with E-state index in [2.05, 4.69) is 16.4 Å². The second-order valence-corrected chi connectivity index (χ2v) is 4.85. The van der Waals surface area contributed by atoms with Crippen LogP contribution in [-0.2, 0) is 6.54 Å². The Morgan fingerprint density at radius 2 is 2.12 bits per heavy atom. The second kappa shape index (κ2) is 4.97. The highest BCUT2D eigenvalue weighted by Gasteiger charge is 1.99. The molecular weight excluding hydrogens is 242 g/mol. The van der Waals surface area contributed by atoms with Gasteiger partial charge in [0.25, 0.3) is 0 Å². The van der Waals surface area contributed by atoms with E-state index in [1.165, 1.54) is 11.3 Å². The maximum Gasteiger partial charge on any atom is 0.113 e. The number of nitriles is 1. The molecule has 0 radical (unpaired) electrons. The molecule has 1 N–H and O–H groups in total. The summed E-state index contributed by atoms with van der Waals surface area (Å²) in [6, 6.07) is 9.36. The number of rotatable bonds is 3. The zero-order valence-corrected chi connectivity index (χ0v) is 9.85. The molecule has 0 saturated carbocycles. The van der Waals surface area contributed by atoms with Gasteiger partial charge in [0, 0.05) is 5.69 Å². The van der Waals surface area contributed by atoms with Crippen LogP contribution in [0.3, 0.4) is 0 Å². The molecule has 0 amide bonds. The van der Waals surface area contributed by atoms with Gasteiger partial charge in [-0.15, -0.1) is 11.3 Å². The zero-order valence-electron chi connectivity index (χ0n) is 8.27. The summed E-state index contributed by atoms with van der Waals surface area (Å²) >= 11 is 7.23. The maximum atomic E-state index is 8.65. The second-order valence-electron chi connectivity index (χ2n) is 3.10. The Hall–Kier alpha value is -1.57. The summed E-state index contributed by atoms with van der Waals surface area (Å²) in [5.74, 6) is 0. The van der Waals surface area contributed by atoms with E-state index in [4.69, 9.17) is 16.9 Å². The van der Waals surface area contributed by atoms with Crippen LogP contribution < -0.4 is 5.32 Å². The number of nitrogens with zero attached hydrogens (tertiary/aromatic N) is 2. The molecule has 0 aliphatic heterocycles. The number of hydrogen-bond donors (Lipinski definition) is 1. The van der Waals surface area contributed by atoms with Gasteiger partial charge in [-0.05, 0) is 24.3 Å². The van der Waals surface area contributed by atoms with Crippen LogP contribution in [0.2, 0.25) is 4.34 Å². The summed E-state index contributed by atoms with van der Waals surface area (Å²) in [6.07, 6.45) is 1.64. The van der Waals surface area contributed by atoms with Crippen LogP contribution in [0.1, 0.15) is 10.6 Å². The van der Waals surface area contributed by atoms with Crippen LogP contribution in [0.5, 0.6) is 0 Å². The largest absolute Gasteiger partial charge is 0.379 e. The minimum absolute atomic E-state index is 0.642. The Bertz CT molecular complexity index is 513. The van der Waals surface area contributed by atoms with Crippen molar-refractivity contribution in [3.8, 4) is 6.07 Å². The molecule has 0 unspecified atom stereocenters. The predicted octanol–water partition coefficient (Wildman–Crippen LogP) is 3.28. The van der Waals surface area contributed by atoms with Gasteiger partial charge in [-0.2, -0.15) is 5.26 Å². The summed E-state index contributed by atoms with van der Waals surface area (Å²) in [7, 11) is 0. The molecule has 1 aromatic carbocycles. The first-order valence-electron chi connectivity index (χ1n) is 4.62. The number of halogens is 1. The molecule has 3 nitrogen and oxygen atoms in total. The first-order valence-corrected chi connectivity index (χ1v) is 5.81. The number of nitrogens with one attached hydrogen (secondary N) is 1. The highest BCUT2D eigenvalue weighted by atomic mass is 35.5. The van der Waals surface area contributed by atoms with Crippen molar-refractivity contribution in [3.05, 3.63) is 45.4 Å². The third-order valence-electron chi connectivity index (χ3n) is 1.98. The SMILES string of the molecule is N#Cc1ccc(NCc2ncc(Cl)s2)cc1. The van der Waals surface area contributed by atoms with Crippen molar-refractivity contribution >= 4 is 28.6 Å². The van der Waals surface area contributed by atoms with Crippen molar-refractivity contribution in [2.45, 2.75) is 6.54 Å². The highest BCUT2D eigenvalue weighted by molar-refractivity contribution is 7.15. The number of anilines is 1. The molecule has 80 valence electrons. The van der Waals surface area contributed by atoms with Crippen LogP contribution in [0.25, 0.3) is 0 Å². The zero-order chi connectivity index (χ0) is 11.4. The van der Waals surface area contributed by atoms with Crippen molar-refractivity contribution in [1.82, 2.24) is 4.98 Å².